The molecular formula is C5H8BrNO2. The first-order valence-corrected chi connectivity index (χ1v) is 3.33. The molecule has 1 atom stereocenters. The van der Waals surface area contributed by atoms with Crippen LogP contribution in [0, 0.1) is 0 Å². The molecule has 0 aliphatic carbocycles. The summed E-state index contributed by atoms with van der Waals surface area (Å²) in [5, 5.41) is 8.23. The minimum atomic E-state index is -0.972. The van der Waals surface area contributed by atoms with E-state index in [1.165, 1.54) is 0 Å². The maximum atomic E-state index is 10.0. The Hall–Kier alpha value is -0.350. The lowest BCUT2D eigenvalue weighted by molar-refractivity contribution is -0.138. The number of carboxylic acid groups (broad SMARTS) is 1. The zero-order chi connectivity index (χ0) is 7.28. The second kappa shape index (κ2) is 4.52. The standard InChI is InChI=1S/C5H8BrNO2/c6-3-1-2-4(7)5(8)9/h1,3-4H,2,7H2,(H,8,9)/b3-1+/t4-/m0/s1. The SMILES string of the molecule is N[C@@H](C/C=C/Br)C(=O)O. The predicted octanol–water partition coefficient (Wildman–Crippen LogP) is 0.697. The number of rotatable bonds is 3. The molecule has 0 radical (unpaired) electrons. The maximum absolute atomic E-state index is 10.0. The molecule has 0 heterocycles. The van der Waals surface area contributed by atoms with Crippen molar-refractivity contribution >= 4 is 21.9 Å². The van der Waals surface area contributed by atoms with E-state index in [0.29, 0.717) is 6.42 Å². The van der Waals surface area contributed by atoms with Gasteiger partial charge in [-0.3, -0.25) is 4.79 Å². The molecule has 0 spiro atoms. The van der Waals surface area contributed by atoms with Gasteiger partial charge < -0.3 is 10.8 Å². The third kappa shape index (κ3) is 4.17. The summed E-state index contributed by atoms with van der Waals surface area (Å²) in [5.74, 6) is -0.972. The fraction of sp³-hybridized carbons (Fsp3) is 0.400. The highest BCUT2D eigenvalue weighted by Crippen LogP contribution is 1.92. The summed E-state index contributed by atoms with van der Waals surface area (Å²) >= 11 is 3.00. The van der Waals surface area contributed by atoms with Crippen LogP contribution in [0.5, 0.6) is 0 Å². The van der Waals surface area contributed by atoms with E-state index < -0.39 is 12.0 Å². The Morgan fingerprint density at radius 2 is 2.44 bits per heavy atom. The Bertz CT molecular complexity index is 124. The number of halogens is 1. The molecule has 0 rings (SSSR count). The Kier molecular flexibility index (Phi) is 4.35. The molecule has 0 aliphatic rings. The van der Waals surface area contributed by atoms with E-state index in [9.17, 15) is 4.79 Å². The monoisotopic (exact) mass is 193 g/mol. The van der Waals surface area contributed by atoms with Gasteiger partial charge in [0.05, 0.1) is 0 Å². The lowest BCUT2D eigenvalue weighted by Crippen LogP contribution is -2.29. The highest BCUT2D eigenvalue weighted by molar-refractivity contribution is 9.11. The van der Waals surface area contributed by atoms with E-state index in [0.717, 1.165) is 0 Å². The first kappa shape index (κ1) is 8.65. The molecule has 0 bridgehead atoms. The lowest BCUT2D eigenvalue weighted by Gasteiger charge is -1.98. The molecule has 52 valence electrons. The van der Waals surface area contributed by atoms with Crippen LogP contribution in [0.15, 0.2) is 11.1 Å². The van der Waals surface area contributed by atoms with E-state index in [1.54, 1.807) is 11.1 Å². The van der Waals surface area contributed by atoms with Gasteiger partial charge in [0, 0.05) is 0 Å². The second-order valence-electron chi connectivity index (χ2n) is 1.54. The van der Waals surface area contributed by atoms with Crippen LogP contribution in [-0.4, -0.2) is 17.1 Å². The van der Waals surface area contributed by atoms with Crippen molar-refractivity contribution in [1.29, 1.82) is 0 Å². The number of nitrogens with two attached hydrogens (primary N) is 1. The molecular weight excluding hydrogens is 186 g/mol. The van der Waals surface area contributed by atoms with Gasteiger partial charge in [0.2, 0.25) is 0 Å². The maximum Gasteiger partial charge on any atom is 0.320 e. The van der Waals surface area contributed by atoms with Crippen molar-refractivity contribution in [3.63, 3.8) is 0 Å². The van der Waals surface area contributed by atoms with Gasteiger partial charge in [0.1, 0.15) is 6.04 Å². The third-order valence-corrected chi connectivity index (χ3v) is 1.17. The first-order valence-electron chi connectivity index (χ1n) is 2.42. The van der Waals surface area contributed by atoms with Crippen LogP contribution in [0.4, 0.5) is 0 Å². The Balaban J connectivity index is 3.50. The average molecular weight is 194 g/mol. The molecule has 4 heteroatoms. The van der Waals surface area contributed by atoms with Gasteiger partial charge >= 0.3 is 5.97 Å². The number of aliphatic carboxylic acids is 1. The average Bonchev–Trinajstić information content (AvgIpc) is 1.82. The second-order valence-corrected chi connectivity index (χ2v) is 2.07. The fourth-order valence-corrected chi connectivity index (χ4v) is 0.515. The lowest BCUT2D eigenvalue weighted by atomic mass is 10.2. The van der Waals surface area contributed by atoms with Gasteiger partial charge in [-0.2, -0.15) is 0 Å². The van der Waals surface area contributed by atoms with Crippen molar-refractivity contribution in [2.24, 2.45) is 5.73 Å². The number of hydrogen-bond donors (Lipinski definition) is 2. The van der Waals surface area contributed by atoms with Gasteiger partial charge in [0.25, 0.3) is 0 Å². The van der Waals surface area contributed by atoms with Gasteiger partial charge in [0.15, 0.2) is 0 Å². The zero-order valence-electron chi connectivity index (χ0n) is 4.75. The predicted molar refractivity (Wildman–Crippen MR) is 38.3 cm³/mol. The molecule has 0 fully saturated rings. The topological polar surface area (TPSA) is 63.3 Å². The minimum Gasteiger partial charge on any atom is -0.480 e. The first-order chi connectivity index (χ1) is 4.18. The molecule has 0 aromatic carbocycles. The highest BCUT2D eigenvalue weighted by Gasteiger charge is 2.07. The third-order valence-electron chi connectivity index (χ3n) is 0.796. The quantitative estimate of drug-likeness (QED) is 0.694. The van der Waals surface area contributed by atoms with Crippen LogP contribution in [0.1, 0.15) is 6.42 Å². The van der Waals surface area contributed by atoms with Crippen LogP contribution in [0.2, 0.25) is 0 Å². The zero-order valence-corrected chi connectivity index (χ0v) is 6.34. The Morgan fingerprint density at radius 3 is 2.78 bits per heavy atom. The Labute approximate surface area is 61.7 Å². The van der Waals surface area contributed by atoms with E-state index >= 15 is 0 Å². The molecule has 9 heavy (non-hydrogen) atoms. The van der Waals surface area contributed by atoms with Crippen molar-refractivity contribution in [2.45, 2.75) is 12.5 Å². The number of carboxylic acids is 1. The number of carbonyl (C=O) groups is 1. The molecule has 0 aromatic rings. The van der Waals surface area contributed by atoms with Crippen LogP contribution < -0.4 is 5.73 Å². The number of hydrogen-bond acceptors (Lipinski definition) is 2. The van der Waals surface area contributed by atoms with E-state index in [1.807, 2.05) is 0 Å². The molecule has 0 unspecified atom stereocenters. The van der Waals surface area contributed by atoms with E-state index in [-0.39, 0.29) is 0 Å². The molecule has 0 saturated carbocycles. The van der Waals surface area contributed by atoms with Crippen molar-refractivity contribution in [2.75, 3.05) is 0 Å². The van der Waals surface area contributed by atoms with Crippen LogP contribution in [0.25, 0.3) is 0 Å². The van der Waals surface area contributed by atoms with Gasteiger partial charge in [-0.1, -0.05) is 22.0 Å². The summed E-state index contributed by atoms with van der Waals surface area (Å²) < 4.78 is 0. The summed E-state index contributed by atoms with van der Waals surface area (Å²) in [6.45, 7) is 0. The molecule has 3 N–H and O–H groups in total. The molecule has 0 amide bonds. The summed E-state index contributed by atoms with van der Waals surface area (Å²) in [5.41, 5.74) is 5.13. The molecule has 0 aliphatic heterocycles. The normalized spacial score (nSPS) is 14.0. The minimum absolute atomic E-state index is 0.362. The highest BCUT2D eigenvalue weighted by atomic mass is 79.9. The summed E-state index contributed by atoms with van der Waals surface area (Å²) in [6.07, 6.45) is 2.01. The summed E-state index contributed by atoms with van der Waals surface area (Å²) in [6, 6.07) is -0.779. The van der Waals surface area contributed by atoms with Gasteiger partial charge in [-0.15, -0.1) is 0 Å². The molecule has 0 aromatic heterocycles. The molecule has 0 saturated heterocycles. The van der Waals surface area contributed by atoms with Crippen LogP contribution in [-0.2, 0) is 4.79 Å². The van der Waals surface area contributed by atoms with E-state index in [4.69, 9.17) is 10.8 Å². The summed E-state index contributed by atoms with van der Waals surface area (Å²) in [7, 11) is 0. The van der Waals surface area contributed by atoms with Crippen molar-refractivity contribution in [3.8, 4) is 0 Å². The van der Waals surface area contributed by atoms with Crippen molar-refractivity contribution < 1.29 is 9.90 Å². The molecule has 3 nitrogen and oxygen atoms in total. The smallest absolute Gasteiger partial charge is 0.320 e. The summed E-state index contributed by atoms with van der Waals surface area (Å²) in [4.78, 5) is 11.6. The van der Waals surface area contributed by atoms with Crippen LogP contribution in [0.3, 0.4) is 0 Å². The van der Waals surface area contributed by atoms with Crippen LogP contribution >= 0.6 is 15.9 Å². The van der Waals surface area contributed by atoms with Gasteiger partial charge in [-0.25, -0.2) is 0 Å². The van der Waals surface area contributed by atoms with Crippen molar-refractivity contribution in [3.05, 3.63) is 11.1 Å². The fourth-order valence-electron chi connectivity index (χ4n) is 0.299. The van der Waals surface area contributed by atoms with Crippen molar-refractivity contribution in [1.82, 2.24) is 0 Å². The van der Waals surface area contributed by atoms with Gasteiger partial charge in [-0.05, 0) is 11.4 Å². The van der Waals surface area contributed by atoms with E-state index in [2.05, 4.69) is 15.9 Å². The largest absolute Gasteiger partial charge is 0.480 e. The Morgan fingerprint density at radius 1 is 1.89 bits per heavy atom.